The lowest BCUT2D eigenvalue weighted by Gasteiger charge is -2.41. The number of benzene rings is 3. The van der Waals surface area contributed by atoms with Crippen molar-refractivity contribution >= 4 is 23.2 Å². The smallest absolute Gasteiger partial charge is 0.257 e. The molecule has 2 heterocycles. The van der Waals surface area contributed by atoms with Crippen molar-refractivity contribution in [1.29, 1.82) is 0 Å². The van der Waals surface area contributed by atoms with Crippen molar-refractivity contribution in [2.24, 2.45) is 11.8 Å². The average Bonchev–Trinajstić information content (AvgIpc) is 3.52. The summed E-state index contributed by atoms with van der Waals surface area (Å²) in [5, 5.41) is 3.15. The zero-order chi connectivity index (χ0) is 31.4. The van der Waals surface area contributed by atoms with E-state index in [1.54, 1.807) is 24.0 Å². The van der Waals surface area contributed by atoms with Crippen LogP contribution < -0.4 is 10.2 Å². The van der Waals surface area contributed by atoms with Gasteiger partial charge >= 0.3 is 0 Å². The second-order valence-electron chi connectivity index (χ2n) is 13.3. The molecular formula is C37H46FN3O3. The van der Waals surface area contributed by atoms with Crippen molar-refractivity contribution in [3.63, 3.8) is 0 Å². The highest BCUT2D eigenvalue weighted by atomic mass is 19.1. The number of aryl methyl sites for hydroxylation is 1. The SMILES string of the molecule is CCN(CC1CCOC1)c1ccc([C@@H]2[C@H](C(=O)Nc3cccc(C(C)(C)C)c3)CCCN2C(=O)c2c(C)cccc2F)cc1. The molecule has 2 amide bonds. The maximum absolute atomic E-state index is 15.1. The molecule has 0 bridgehead atoms. The molecule has 1 unspecified atom stereocenters. The lowest BCUT2D eigenvalue weighted by Crippen LogP contribution is -2.46. The quantitative estimate of drug-likeness (QED) is 0.291. The van der Waals surface area contributed by atoms with Gasteiger partial charge in [0.15, 0.2) is 0 Å². The molecule has 0 aromatic heterocycles. The number of anilines is 2. The first kappa shape index (κ1) is 31.7. The number of halogens is 1. The number of ether oxygens (including phenoxy) is 1. The number of nitrogens with one attached hydrogen (secondary N) is 1. The van der Waals surface area contributed by atoms with Crippen molar-refractivity contribution in [2.45, 2.75) is 65.3 Å². The maximum atomic E-state index is 15.1. The molecule has 0 radical (unpaired) electrons. The van der Waals surface area contributed by atoms with E-state index in [2.05, 4.69) is 56.1 Å². The summed E-state index contributed by atoms with van der Waals surface area (Å²) in [5.74, 6) is -1.04. The normalized spacial score (nSPS) is 20.4. The summed E-state index contributed by atoms with van der Waals surface area (Å²) >= 11 is 0. The van der Waals surface area contributed by atoms with Gasteiger partial charge in [-0.3, -0.25) is 9.59 Å². The molecule has 234 valence electrons. The minimum atomic E-state index is -0.538. The molecule has 0 aliphatic carbocycles. The Bertz CT molecular complexity index is 1440. The fraction of sp³-hybridized carbons (Fsp3) is 0.459. The third-order valence-electron chi connectivity index (χ3n) is 9.14. The van der Waals surface area contributed by atoms with Crippen molar-refractivity contribution < 1.29 is 18.7 Å². The third-order valence-corrected chi connectivity index (χ3v) is 9.14. The van der Waals surface area contributed by atoms with Crippen LogP contribution in [-0.2, 0) is 14.9 Å². The number of piperidine rings is 1. The monoisotopic (exact) mass is 599 g/mol. The van der Waals surface area contributed by atoms with Gasteiger partial charge in [0.2, 0.25) is 5.91 Å². The van der Waals surface area contributed by atoms with E-state index < -0.39 is 17.8 Å². The molecule has 3 atom stereocenters. The van der Waals surface area contributed by atoms with E-state index in [9.17, 15) is 9.59 Å². The van der Waals surface area contributed by atoms with Crippen LogP contribution in [0.1, 0.15) is 80.0 Å². The van der Waals surface area contributed by atoms with E-state index in [0.717, 1.165) is 55.2 Å². The van der Waals surface area contributed by atoms with E-state index in [1.165, 1.54) is 6.07 Å². The number of carbonyl (C=O) groups is 2. The second kappa shape index (κ2) is 13.5. The van der Waals surface area contributed by atoms with Crippen LogP contribution in [0.3, 0.4) is 0 Å². The van der Waals surface area contributed by atoms with Gasteiger partial charge in [-0.2, -0.15) is 0 Å². The summed E-state index contributed by atoms with van der Waals surface area (Å²) in [6.45, 7) is 14.2. The van der Waals surface area contributed by atoms with Crippen molar-refractivity contribution in [3.05, 3.63) is 94.8 Å². The standard InChI is InChI=1S/C37H46FN3O3/c1-6-40(23-26-19-21-44-24-26)30-17-15-27(16-18-30)34-31(35(42)39-29-12-8-11-28(22-29)37(3,4)5)13-9-20-41(34)36(43)33-25(2)10-7-14-32(33)38/h7-8,10-12,14-18,22,26,31,34H,6,9,13,19-21,23-24H2,1-5H3,(H,39,42)/t26?,31-,34-/m1/s1. The van der Waals surface area contributed by atoms with Gasteiger partial charge in [0.05, 0.1) is 24.1 Å². The molecule has 6 nitrogen and oxygen atoms in total. The Balaban J connectivity index is 1.48. The Morgan fingerprint density at radius 2 is 1.80 bits per heavy atom. The third kappa shape index (κ3) is 6.99. The van der Waals surface area contributed by atoms with Crippen LogP contribution >= 0.6 is 0 Å². The average molecular weight is 600 g/mol. The molecule has 44 heavy (non-hydrogen) atoms. The van der Waals surface area contributed by atoms with Gasteiger partial charge in [0.1, 0.15) is 5.82 Å². The van der Waals surface area contributed by atoms with Crippen LogP contribution in [0.25, 0.3) is 0 Å². The molecule has 3 aromatic rings. The summed E-state index contributed by atoms with van der Waals surface area (Å²) in [6.07, 6.45) is 2.35. The first-order valence-corrected chi connectivity index (χ1v) is 16.0. The highest BCUT2D eigenvalue weighted by molar-refractivity contribution is 5.98. The Labute approximate surface area is 261 Å². The topological polar surface area (TPSA) is 61.9 Å². The number of likely N-dealkylation sites (tertiary alicyclic amines) is 1. The van der Waals surface area contributed by atoms with E-state index in [-0.39, 0.29) is 22.8 Å². The van der Waals surface area contributed by atoms with Gasteiger partial charge in [-0.25, -0.2) is 4.39 Å². The van der Waals surface area contributed by atoms with Crippen LogP contribution in [0.4, 0.5) is 15.8 Å². The second-order valence-corrected chi connectivity index (χ2v) is 13.3. The Morgan fingerprint density at radius 1 is 1.05 bits per heavy atom. The number of nitrogens with zero attached hydrogens (tertiary/aromatic N) is 2. The van der Waals surface area contributed by atoms with Crippen LogP contribution in [0, 0.1) is 24.6 Å². The predicted molar refractivity (Wildman–Crippen MR) is 175 cm³/mol. The Hall–Kier alpha value is -3.71. The van der Waals surface area contributed by atoms with Gasteiger partial charge in [-0.1, -0.05) is 57.2 Å². The Morgan fingerprint density at radius 3 is 2.45 bits per heavy atom. The molecular weight excluding hydrogens is 553 g/mol. The maximum Gasteiger partial charge on any atom is 0.257 e. The number of amides is 2. The molecule has 1 N–H and O–H groups in total. The van der Waals surface area contributed by atoms with Gasteiger partial charge in [-0.15, -0.1) is 0 Å². The summed E-state index contributed by atoms with van der Waals surface area (Å²) in [4.78, 5) is 32.1. The van der Waals surface area contributed by atoms with Gasteiger partial charge in [-0.05, 0) is 85.5 Å². The van der Waals surface area contributed by atoms with Crippen LogP contribution in [0.15, 0.2) is 66.7 Å². The van der Waals surface area contributed by atoms with E-state index in [4.69, 9.17) is 4.74 Å². The number of rotatable bonds is 8. The molecule has 0 spiro atoms. The lowest BCUT2D eigenvalue weighted by atomic mass is 9.83. The summed E-state index contributed by atoms with van der Waals surface area (Å²) in [5.41, 5.74) is 4.44. The largest absolute Gasteiger partial charge is 0.381 e. The molecule has 2 aliphatic rings. The van der Waals surface area contributed by atoms with E-state index >= 15 is 4.39 Å². The highest BCUT2D eigenvalue weighted by Gasteiger charge is 2.40. The zero-order valence-electron chi connectivity index (χ0n) is 26.7. The summed E-state index contributed by atoms with van der Waals surface area (Å²) < 4.78 is 20.7. The molecule has 2 saturated heterocycles. The minimum Gasteiger partial charge on any atom is -0.381 e. The summed E-state index contributed by atoms with van der Waals surface area (Å²) in [7, 11) is 0. The first-order chi connectivity index (χ1) is 21.1. The van der Waals surface area contributed by atoms with Crippen LogP contribution in [0.5, 0.6) is 0 Å². The molecule has 2 fully saturated rings. The minimum absolute atomic E-state index is 0.0617. The van der Waals surface area contributed by atoms with Crippen molar-refractivity contribution in [3.8, 4) is 0 Å². The molecule has 2 aliphatic heterocycles. The fourth-order valence-corrected chi connectivity index (χ4v) is 6.59. The van der Waals surface area contributed by atoms with Crippen molar-refractivity contribution in [2.75, 3.05) is 43.1 Å². The first-order valence-electron chi connectivity index (χ1n) is 16.0. The highest BCUT2D eigenvalue weighted by Crippen LogP contribution is 2.39. The number of carbonyl (C=O) groups excluding carboxylic acids is 2. The zero-order valence-corrected chi connectivity index (χ0v) is 26.7. The number of hydrogen-bond acceptors (Lipinski definition) is 4. The van der Waals surface area contributed by atoms with Gasteiger partial charge in [0, 0.05) is 43.5 Å². The molecule has 7 heteroatoms. The lowest BCUT2D eigenvalue weighted by molar-refractivity contribution is -0.123. The van der Waals surface area contributed by atoms with Crippen molar-refractivity contribution in [1.82, 2.24) is 4.90 Å². The van der Waals surface area contributed by atoms with E-state index in [1.807, 2.05) is 30.3 Å². The molecule has 3 aromatic carbocycles. The molecule has 5 rings (SSSR count). The number of hydrogen-bond donors (Lipinski definition) is 1. The van der Waals surface area contributed by atoms with Gasteiger partial charge < -0.3 is 19.9 Å². The fourth-order valence-electron chi connectivity index (χ4n) is 6.59. The van der Waals surface area contributed by atoms with Crippen LogP contribution in [0.2, 0.25) is 0 Å². The van der Waals surface area contributed by atoms with E-state index in [0.29, 0.717) is 30.9 Å². The summed E-state index contributed by atoms with van der Waals surface area (Å²) in [6, 6.07) is 20.4. The Kier molecular flexibility index (Phi) is 9.74. The molecule has 0 saturated carbocycles. The predicted octanol–water partition coefficient (Wildman–Crippen LogP) is 7.53. The van der Waals surface area contributed by atoms with Gasteiger partial charge in [0.25, 0.3) is 5.91 Å². The van der Waals surface area contributed by atoms with Crippen LogP contribution in [-0.4, -0.2) is 49.6 Å².